The van der Waals surface area contributed by atoms with Gasteiger partial charge in [-0.3, -0.25) is 4.79 Å². The molecule has 1 saturated heterocycles. The summed E-state index contributed by atoms with van der Waals surface area (Å²) in [5, 5.41) is 3.25. The number of ether oxygens (including phenoxy) is 1. The molecule has 0 spiro atoms. The van der Waals surface area contributed by atoms with Crippen molar-refractivity contribution in [2.24, 2.45) is 0 Å². The second-order valence-electron chi connectivity index (χ2n) is 4.70. The number of methoxy groups -OCH3 is 1. The highest BCUT2D eigenvalue weighted by molar-refractivity contribution is 5.85. The van der Waals surface area contributed by atoms with E-state index < -0.39 is 0 Å². The van der Waals surface area contributed by atoms with Gasteiger partial charge in [-0.1, -0.05) is 0 Å². The molecular weight excluding hydrogens is 244 g/mol. The third-order valence-electron chi connectivity index (χ3n) is 3.22. The van der Waals surface area contributed by atoms with Gasteiger partial charge in [0.25, 0.3) is 0 Å². The van der Waals surface area contributed by atoms with Crippen LogP contribution in [0.2, 0.25) is 0 Å². The van der Waals surface area contributed by atoms with Gasteiger partial charge in [-0.25, -0.2) is 4.98 Å². The van der Waals surface area contributed by atoms with Crippen LogP contribution in [-0.4, -0.2) is 62.7 Å². The molecule has 1 atom stereocenters. The van der Waals surface area contributed by atoms with Gasteiger partial charge in [0.05, 0.1) is 13.3 Å². The quantitative estimate of drug-likeness (QED) is 0.830. The Balaban J connectivity index is 2.20. The fourth-order valence-electron chi connectivity index (χ4n) is 2.16. The number of hydrogen-bond acceptors (Lipinski definition) is 5. The highest BCUT2D eigenvalue weighted by atomic mass is 16.5. The van der Waals surface area contributed by atoms with Gasteiger partial charge in [0.15, 0.2) is 0 Å². The third kappa shape index (κ3) is 2.96. The topological polar surface area (TPSA) is 57.7 Å². The zero-order chi connectivity index (χ0) is 13.8. The van der Waals surface area contributed by atoms with Crippen molar-refractivity contribution < 1.29 is 9.53 Å². The Morgan fingerprint density at radius 3 is 2.89 bits per heavy atom. The summed E-state index contributed by atoms with van der Waals surface area (Å²) in [6.45, 7) is 2.26. The summed E-state index contributed by atoms with van der Waals surface area (Å²) in [7, 11) is 5.16. The summed E-state index contributed by atoms with van der Waals surface area (Å²) in [6.07, 6.45) is 1.68. The van der Waals surface area contributed by atoms with Crippen molar-refractivity contribution in [1.29, 1.82) is 0 Å². The lowest BCUT2D eigenvalue weighted by Gasteiger charge is -2.37. The highest BCUT2D eigenvalue weighted by Gasteiger charge is 2.30. The van der Waals surface area contributed by atoms with E-state index in [0.29, 0.717) is 6.54 Å². The summed E-state index contributed by atoms with van der Waals surface area (Å²) in [5.74, 6) is 1.61. The molecule has 1 N–H and O–H groups in total. The van der Waals surface area contributed by atoms with E-state index in [1.54, 1.807) is 32.3 Å². The number of amides is 1. The average molecular weight is 264 g/mol. The zero-order valence-corrected chi connectivity index (χ0v) is 11.6. The number of hydrogen-bond donors (Lipinski definition) is 1. The molecule has 1 fully saturated rings. The Hall–Kier alpha value is -1.82. The molecule has 0 saturated carbocycles. The maximum Gasteiger partial charge on any atom is 0.246 e. The van der Waals surface area contributed by atoms with Crippen LogP contribution in [-0.2, 0) is 4.79 Å². The molecule has 1 amide bonds. The van der Waals surface area contributed by atoms with E-state index in [1.165, 1.54) is 0 Å². The Morgan fingerprint density at radius 1 is 1.53 bits per heavy atom. The Morgan fingerprint density at radius 2 is 2.32 bits per heavy atom. The van der Waals surface area contributed by atoms with E-state index in [2.05, 4.69) is 10.3 Å². The smallest absolute Gasteiger partial charge is 0.246 e. The molecule has 1 aliphatic rings. The van der Waals surface area contributed by atoms with Gasteiger partial charge in [-0.2, -0.15) is 0 Å². The van der Waals surface area contributed by atoms with Crippen molar-refractivity contribution in [3.05, 3.63) is 18.3 Å². The molecular formula is C13H20N4O2. The molecule has 0 aliphatic carbocycles. The van der Waals surface area contributed by atoms with Crippen LogP contribution in [0.3, 0.4) is 0 Å². The van der Waals surface area contributed by atoms with Crippen molar-refractivity contribution in [3.8, 4) is 5.75 Å². The number of anilines is 1. The summed E-state index contributed by atoms with van der Waals surface area (Å²) in [5.41, 5.74) is 0. The van der Waals surface area contributed by atoms with Gasteiger partial charge < -0.3 is 19.9 Å². The summed E-state index contributed by atoms with van der Waals surface area (Å²) >= 11 is 0. The number of rotatable bonds is 3. The molecule has 1 aromatic heterocycles. The Labute approximate surface area is 113 Å². The molecule has 0 aromatic carbocycles. The number of nitrogens with one attached hydrogen (secondary N) is 1. The first-order chi connectivity index (χ1) is 9.13. The molecule has 1 unspecified atom stereocenters. The first kappa shape index (κ1) is 13.6. The van der Waals surface area contributed by atoms with Crippen LogP contribution < -0.4 is 15.0 Å². The predicted octanol–water partition coefficient (Wildman–Crippen LogP) is -0.0434. The highest BCUT2D eigenvalue weighted by Crippen LogP contribution is 2.19. The van der Waals surface area contributed by atoms with Crippen molar-refractivity contribution in [2.75, 3.05) is 45.7 Å². The monoisotopic (exact) mass is 264 g/mol. The van der Waals surface area contributed by atoms with Gasteiger partial charge >= 0.3 is 0 Å². The van der Waals surface area contributed by atoms with Crippen LogP contribution in [0.1, 0.15) is 0 Å². The Kier molecular flexibility index (Phi) is 4.21. The third-order valence-corrected chi connectivity index (χ3v) is 3.22. The number of nitrogens with zero attached hydrogens (tertiary/aromatic N) is 3. The minimum absolute atomic E-state index is 0.0878. The van der Waals surface area contributed by atoms with E-state index >= 15 is 0 Å². The fourth-order valence-corrected chi connectivity index (χ4v) is 2.16. The molecule has 104 valence electrons. The van der Waals surface area contributed by atoms with Crippen molar-refractivity contribution >= 4 is 11.7 Å². The maximum absolute atomic E-state index is 12.2. The second-order valence-corrected chi connectivity index (χ2v) is 4.70. The van der Waals surface area contributed by atoms with E-state index in [4.69, 9.17) is 4.74 Å². The number of piperazine rings is 1. The number of likely N-dealkylation sites (N-methyl/N-ethyl adjacent to an activating group) is 1. The predicted molar refractivity (Wildman–Crippen MR) is 73.5 cm³/mol. The van der Waals surface area contributed by atoms with Gasteiger partial charge in [-0.05, 0) is 12.1 Å². The normalized spacial score (nSPS) is 19.1. The van der Waals surface area contributed by atoms with Gasteiger partial charge in [-0.15, -0.1) is 0 Å². The lowest BCUT2D eigenvalue weighted by Crippen LogP contribution is -2.58. The number of pyridine rings is 1. The van der Waals surface area contributed by atoms with E-state index in [0.717, 1.165) is 24.7 Å². The number of carbonyl (C=O) groups is 1. The van der Waals surface area contributed by atoms with Gasteiger partial charge in [0.1, 0.15) is 17.6 Å². The van der Waals surface area contributed by atoms with Crippen LogP contribution in [0.5, 0.6) is 5.75 Å². The zero-order valence-electron chi connectivity index (χ0n) is 11.6. The van der Waals surface area contributed by atoms with E-state index in [9.17, 15) is 4.79 Å². The maximum atomic E-state index is 12.2. The van der Waals surface area contributed by atoms with Crippen molar-refractivity contribution in [3.63, 3.8) is 0 Å². The minimum Gasteiger partial charge on any atom is -0.495 e. The average Bonchev–Trinajstić information content (AvgIpc) is 2.46. The minimum atomic E-state index is -0.204. The van der Waals surface area contributed by atoms with Crippen molar-refractivity contribution in [1.82, 2.24) is 15.2 Å². The lowest BCUT2D eigenvalue weighted by molar-refractivity contribution is -0.130. The SMILES string of the molecule is COc1ccc(N2CCNCC2C(=O)N(C)C)nc1. The second kappa shape index (κ2) is 5.88. The standard InChI is InChI=1S/C13H20N4O2/c1-16(2)13(18)11-9-14-6-7-17(11)12-5-4-10(19-3)8-15-12/h4-5,8,11,14H,6-7,9H2,1-3H3. The summed E-state index contributed by atoms with van der Waals surface area (Å²) < 4.78 is 5.10. The molecule has 0 radical (unpaired) electrons. The van der Waals surface area contributed by atoms with Crippen LogP contribution >= 0.6 is 0 Å². The van der Waals surface area contributed by atoms with Crippen LogP contribution in [0.4, 0.5) is 5.82 Å². The van der Waals surface area contributed by atoms with Crippen LogP contribution in [0.15, 0.2) is 18.3 Å². The largest absolute Gasteiger partial charge is 0.495 e. The summed E-state index contributed by atoms with van der Waals surface area (Å²) in [4.78, 5) is 20.2. The van der Waals surface area contributed by atoms with Crippen molar-refractivity contribution in [2.45, 2.75) is 6.04 Å². The molecule has 1 aliphatic heterocycles. The molecule has 19 heavy (non-hydrogen) atoms. The molecule has 6 heteroatoms. The fraction of sp³-hybridized carbons (Fsp3) is 0.538. The lowest BCUT2D eigenvalue weighted by atomic mass is 10.1. The van der Waals surface area contributed by atoms with Gasteiger partial charge in [0.2, 0.25) is 5.91 Å². The Bertz CT molecular complexity index is 433. The van der Waals surface area contributed by atoms with Crippen LogP contribution in [0.25, 0.3) is 0 Å². The first-order valence-electron chi connectivity index (χ1n) is 6.32. The number of aromatic nitrogens is 1. The molecule has 1 aromatic rings. The van der Waals surface area contributed by atoms with Gasteiger partial charge in [0, 0.05) is 33.7 Å². The molecule has 2 heterocycles. The molecule has 0 bridgehead atoms. The molecule has 6 nitrogen and oxygen atoms in total. The first-order valence-corrected chi connectivity index (χ1v) is 6.32. The van der Waals surface area contributed by atoms with E-state index in [1.807, 2.05) is 17.0 Å². The van der Waals surface area contributed by atoms with E-state index in [-0.39, 0.29) is 11.9 Å². The number of carbonyl (C=O) groups excluding carboxylic acids is 1. The summed E-state index contributed by atoms with van der Waals surface area (Å²) in [6, 6.07) is 3.55. The van der Waals surface area contributed by atoms with Crippen LogP contribution in [0, 0.1) is 0 Å². The molecule has 2 rings (SSSR count).